The van der Waals surface area contributed by atoms with Gasteiger partial charge in [-0.2, -0.15) is 0 Å². The van der Waals surface area contributed by atoms with Crippen LogP contribution in [0.3, 0.4) is 0 Å². The second kappa shape index (κ2) is 7.03. The highest BCUT2D eigenvalue weighted by Crippen LogP contribution is 2.29. The molecule has 136 valence electrons. The van der Waals surface area contributed by atoms with Crippen molar-refractivity contribution in [2.24, 2.45) is 0 Å². The second-order valence-electron chi connectivity index (χ2n) is 6.14. The van der Waals surface area contributed by atoms with Gasteiger partial charge in [0.25, 0.3) is 0 Å². The van der Waals surface area contributed by atoms with Crippen molar-refractivity contribution < 1.29 is 18.4 Å². The van der Waals surface area contributed by atoms with Crippen LogP contribution in [-0.4, -0.2) is 23.3 Å². The molecule has 7 heteroatoms. The molecular weight excluding hydrogens is 349 g/mol. The van der Waals surface area contributed by atoms with Crippen LogP contribution in [0.5, 0.6) is 0 Å². The number of amides is 2. The van der Waals surface area contributed by atoms with Gasteiger partial charge in [0.1, 0.15) is 12.4 Å². The molecule has 0 fully saturated rings. The van der Waals surface area contributed by atoms with Gasteiger partial charge in [0.15, 0.2) is 11.7 Å². The molecule has 6 nitrogen and oxygen atoms in total. The Morgan fingerprint density at radius 1 is 1.19 bits per heavy atom. The summed E-state index contributed by atoms with van der Waals surface area (Å²) in [5, 5.41) is 2.75. The monoisotopic (exact) mass is 365 g/mol. The number of carbonyl (C=O) groups is 2. The molecule has 1 aliphatic rings. The predicted molar refractivity (Wildman–Crippen MR) is 97.6 cm³/mol. The van der Waals surface area contributed by atoms with E-state index in [-0.39, 0.29) is 31.2 Å². The maximum Gasteiger partial charge on any atom is 0.244 e. The molecule has 0 spiro atoms. The summed E-state index contributed by atoms with van der Waals surface area (Å²) >= 11 is 0. The number of halogens is 1. The second-order valence-corrected chi connectivity index (χ2v) is 6.14. The Morgan fingerprint density at radius 3 is 2.81 bits per heavy atom. The average molecular weight is 365 g/mol. The molecule has 2 aromatic carbocycles. The molecule has 2 heterocycles. The summed E-state index contributed by atoms with van der Waals surface area (Å²) in [4.78, 5) is 30.0. The largest absolute Gasteiger partial charge is 0.441 e. The van der Waals surface area contributed by atoms with E-state index in [1.165, 1.54) is 17.2 Å². The maximum atomic E-state index is 13.8. The van der Waals surface area contributed by atoms with E-state index in [2.05, 4.69) is 10.3 Å². The van der Waals surface area contributed by atoms with E-state index in [0.717, 1.165) is 0 Å². The highest BCUT2D eigenvalue weighted by Gasteiger charge is 2.26. The molecule has 0 saturated carbocycles. The molecule has 1 aromatic heterocycles. The Balaban J connectivity index is 1.46. The van der Waals surface area contributed by atoms with Crippen molar-refractivity contribution in [3.8, 4) is 11.3 Å². The summed E-state index contributed by atoms with van der Waals surface area (Å²) in [5.41, 5.74) is 1.60. The van der Waals surface area contributed by atoms with Gasteiger partial charge in [-0.15, -0.1) is 0 Å². The van der Waals surface area contributed by atoms with Crippen LogP contribution in [0.15, 0.2) is 59.1 Å². The Bertz CT molecular complexity index is 1010. The number of nitrogens with one attached hydrogen (secondary N) is 1. The van der Waals surface area contributed by atoms with Crippen molar-refractivity contribution >= 4 is 23.2 Å². The highest BCUT2D eigenvalue weighted by molar-refractivity contribution is 6.09. The molecule has 3 aromatic rings. The number of para-hydroxylation sites is 2. The van der Waals surface area contributed by atoms with E-state index in [4.69, 9.17) is 4.42 Å². The van der Waals surface area contributed by atoms with Crippen LogP contribution >= 0.6 is 0 Å². The highest BCUT2D eigenvalue weighted by atomic mass is 19.1. The maximum absolute atomic E-state index is 13.8. The van der Waals surface area contributed by atoms with E-state index >= 15 is 0 Å². The standard InChI is InChI=1S/C20H16FN3O3/c21-14-6-2-1-5-13(14)17-11-22-19(27-17)9-10-20(26)24-12-18(25)23-15-7-3-4-8-16(15)24/h1-8,11H,9-10,12H2,(H,23,25). The van der Waals surface area contributed by atoms with Crippen LogP contribution in [0.4, 0.5) is 15.8 Å². The van der Waals surface area contributed by atoms with Gasteiger partial charge in [-0.3, -0.25) is 9.59 Å². The van der Waals surface area contributed by atoms with Crippen LogP contribution in [0.25, 0.3) is 11.3 Å². The zero-order valence-electron chi connectivity index (χ0n) is 14.3. The molecule has 0 saturated heterocycles. The number of nitrogens with zero attached hydrogens (tertiary/aromatic N) is 2. The Kier molecular flexibility index (Phi) is 4.42. The Morgan fingerprint density at radius 2 is 1.96 bits per heavy atom. The lowest BCUT2D eigenvalue weighted by Gasteiger charge is -2.29. The lowest BCUT2D eigenvalue weighted by atomic mass is 10.1. The van der Waals surface area contributed by atoms with Crippen molar-refractivity contribution in [1.29, 1.82) is 0 Å². The van der Waals surface area contributed by atoms with Gasteiger partial charge in [0.2, 0.25) is 11.8 Å². The van der Waals surface area contributed by atoms with Crippen LogP contribution in [-0.2, 0) is 16.0 Å². The quantitative estimate of drug-likeness (QED) is 0.769. The number of hydrogen-bond acceptors (Lipinski definition) is 4. The van der Waals surface area contributed by atoms with Crippen molar-refractivity contribution in [1.82, 2.24) is 4.98 Å². The van der Waals surface area contributed by atoms with Gasteiger partial charge in [0, 0.05) is 12.8 Å². The number of rotatable bonds is 4. The molecular formula is C20H16FN3O3. The summed E-state index contributed by atoms with van der Waals surface area (Å²) in [6.45, 7) is -0.0259. The van der Waals surface area contributed by atoms with Crippen molar-refractivity contribution in [3.05, 3.63) is 66.4 Å². The lowest BCUT2D eigenvalue weighted by molar-refractivity contribution is -0.121. The van der Waals surface area contributed by atoms with E-state index < -0.39 is 5.82 Å². The predicted octanol–water partition coefficient (Wildman–Crippen LogP) is 3.40. The number of hydrogen-bond donors (Lipinski definition) is 1. The average Bonchev–Trinajstić information content (AvgIpc) is 3.14. The first kappa shape index (κ1) is 17.0. The zero-order chi connectivity index (χ0) is 18.8. The number of fused-ring (bicyclic) bond motifs is 1. The topological polar surface area (TPSA) is 75.4 Å². The molecule has 0 radical (unpaired) electrons. The van der Waals surface area contributed by atoms with Crippen molar-refractivity contribution in [3.63, 3.8) is 0 Å². The van der Waals surface area contributed by atoms with Crippen molar-refractivity contribution in [2.45, 2.75) is 12.8 Å². The van der Waals surface area contributed by atoms with Crippen LogP contribution in [0, 0.1) is 5.82 Å². The number of aromatic nitrogens is 1. The fourth-order valence-electron chi connectivity index (χ4n) is 3.02. The van der Waals surface area contributed by atoms with E-state index in [1.54, 1.807) is 36.4 Å². The number of oxazole rings is 1. The Labute approximate surface area is 154 Å². The summed E-state index contributed by atoms with van der Waals surface area (Å²) < 4.78 is 19.4. The molecule has 0 aliphatic carbocycles. The van der Waals surface area contributed by atoms with Gasteiger partial charge < -0.3 is 14.6 Å². The van der Waals surface area contributed by atoms with E-state index in [0.29, 0.717) is 28.6 Å². The molecule has 0 atom stereocenters. The Hall–Kier alpha value is -3.48. The first-order valence-electron chi connectivity index (χ1n) is 8.50. The minimum absolute atomic E-state index is 0.0259. The third kappa shape index (κ3) is 3.44. The molecule has 1 N–H and O–H groups in total. The van der Waals surface area contributed by atoms with E-state index in [1.807, 2.05) is 6.07 Å². The number of carbonyl (C=O) groups excluding carboxylic acids is 2. The minimum Gasteiger partial charge on any atom is -0.441 e. The summed E-state index contributed by atoms with van der Waals surface area (Å²) in [7, 11) is 0. The molecule has 0 unspecified atom stereocenters. The van der Waals surface area contributed by atoms with Crippen LogP contribution in [0.2, 0.25) is 0 Å². The van der Waals surface area contributed by atoms with Gasteiger partial charge >= 0.3 is 0 Å². The van der Waals surface area contributed by atoms with Gasteiger partial charge in [-0.1, -0.05) is 24.3 Å². The minimum atomic E-state index is -0.396. The number of aryl methyl sites for hydroxylation is 1. The van der Waals surface area contributed by atoms with Crippen molar-refractivity contribution in [2.75, 3.05) is 16.8 Å². The number of anilines is 2. The molecule has 27 heavy (non-hydrogen) atoms. The molecule has 1 aliphatic heterocycles. The normalized spacial score (nSPS) is 13.2. The SMILES string of the molecule is O=C1CN(C(=O)CCc2ncc(-c3ccccc3F)o2)c2ccccc2N1. The first-order valence-corrected chi connectivity index (χ1v) is 8.50. The van der Waals surface area contributed by atoms with Gasteiger partial charge in [0.05, 0.1) is 23.1 Å². The third-order valence-corrected chi connectivity index (χ3v) is 4.32. The third-order valence-electron chi connectivity index (χ3n) is 4.32. The van der Waals surface area contributed by atoms with Gasteiger partial charge in [-0.25, -0.2) is 9.37 Å². The number of benzene rings is 2. The summed E-state index contributed by atoms with van der Waals surface area (Å²) in [6, 6.07) is 13.4. The van der Waals surface area contributed by atoms with Crippen LogP contribution < -0.4 is 10.2 Å². The molecule has 2 amide bonds. The van der Waals surface area contributed by atoms with Gasteiger partial charge in [-0.05, 0) is 24.3 Å². The molecule has 4 rings (SSSR count). The summed E-state index contributed by atoms with van der Waals surface area (Å²) in [5.74, 6) is -0.176. The van der Waals surface area contributed by atoms with E-state index in [9.17, 15) is 14.0 Å². The first-order chi connectivity index (χ1) is 13.1. The lowest BCUT2D eigenvalue weighted by Crippen LogP contribution is -2.42. The molecule has 0 bridgehead atoms. The fourth-order valence-corrected chi connectivity index (χ4v) is 3.02. The zero-order valence-corrected chi connectivity index (χ0v) is 14.3. The smallest absolute Gasteiger partial charge is 0.244 e. The van der Waals surface area contributed by atoms with Crippen LogP contribution in [0.1, 0.15) is 12.3 Å². The summed E-state index contributed by atoms with van der Waals surface area (Å²) in [6.07, 6.45) is 1.83. The fraction of sp³-hybridized carbons (Fsp3) is 0.150.